The molecule has 0 unspecified atom stereocenters. The molecule has 0 spiro atoms. The first-order chi connectivity index (χ1) is 13.4. The van der Waals surface area contributed by atoms with E-state index in [1.807, 2.05) is 11.8 Å². The van der Waals surface area contributed by atoms with Gasteiger partial charge in [-0.05, 0) is 43.9 Å². The Morgan fingerprint density at radius 2 is 1.64 bits per heavy atom. The first kappa shape index (κ1) is 19.7. The molecule has 1 aliphatic heterocycles. The molecule has 0 saturated carbocycles. The maximum absolute atomic E-state index is 12.4. The standard InChI is InChI=1S/C22H26N2O4/c1-15-2-4-16(5-3-15)6-7-21(27)24-10-8-18(9-11-24)23-22(28)17-12-19(25)14-20(26)13-17/h2-5,12-14,18,25-26H,6-11H2,1H3,(H,23,28). The fourth-order valence-electron chi connectivity index (χ4n) is 3.43. The van der Waals surface area contributed by atoms with Crippen LogP contribution >= 0.6 is 0 Å². The summed E-state index contributed by atoms with van der Waals surface area (Å²) in [4.78, 5) is 26.6. The summed E-state index contributed by atoms with van der Waals surface area (Å²) < 4.78 is 0. The van der Waals surface area contributed by atoms with Crippen LogP contribution in [0.5, 0.6) is 11.5 Å². The molecule has 6 heteroatoms. The predicted octanol–water partition coefficient (Wildman–Crippen LogP) is 2.76. The Morgan fingerprint density at radius 3 is 2.25 bits per heavy atom. The summed E-state index contributed by atoms with van der Waals surface area (Å²) in [5.74, 6) is -0.503. The molecule has 3 N–H and O–H groups in total. The predicted molar refractivity (Wildman–Crippen MR) is 106 cm³/mol. The lowest BCUT2D eigenvalue weighted by atomic mass is 10.0. The van der Waals surface area contributed by atoms with E-state index < -0.39 is 0 Å². The third-order valence-corrected chi connectivity index (χ3v) is 5.10. The van der Waals surface area contributed by atoms with Crippen molar-refractivity contribution in [3.8, 4) is 11.5 Å². The molecule has 0 aliphatic carbocycles. The van der Waals surface area contributed by atoms with Gasteiger partial charge in [0.25, 0.3) is 5.91 Å². The Balaban J connectivity index is 1.45. The second kappa shape index (κ2) is 8.78. The smallest absolute Gasteiger partial charge is 0.251 e. The number of piperidine rings is 1. The SMILES string of the molecule is Cc1ccc(CCC(=O)N2CCC(NC(=O)c3cc(O)cc(O)c3)CC2)cc1. The molecule has 1 aliphatic rings. The molecule has 2 aromatic rings. The molecule has 1 heterocycles. The van der Waals surface area contributed by atoms with Gasteiger partial charge in [0.2, 0.25) is 5.91 Å². The van der Waals surface area contributed by atoms with Crippen molar-refractivity contribution in [2.45, 2.75) is 38.6 Å². The van der Waals surface area contributed by atoms with E-state index >= 15 is 0 Å². The first-order valence-electron chi connectivity index (χ1n) is 9.58. The minimum absolute atomic E-state index is 0.0295. The number of rotatable bonds is 5. The fourth-order valence-corrected chi connectivity index (χ4v) is 3.43. The molecule has 0 radical (unpaired) electrons. The van der Waals surface area contributed by atoms with Crippen molar-refractivity contribution in [1.82, 2.24) is 10.2 Å². The van der Waals surface area contributed by atoms with Crippen LogP contribution in [0.15, 0.2) is 42.5 Å². The lowest BCUT2D eigenvalue weighted by molar-refractivity contribution is -0.132. The quantitative estimate of drug-likeness (QED) is 0.742. The van der Waals surface area contributed by atoms with Gasteiger partial charge in [0.05, 0.1) is 0 Å². The third kappa shape index (κ3) is 5.25. The average molecular weight is 382 g/mol. The third-order valence-electron chi connectivity index (χ3n) is 5.10. The number of carbonyl (C=O) groups is 2. The van der Waals surface area contributed by atoms with E-state index in [1.165, 1.54) is 23.8 Å². The van der Waals surface area contributed by atoms with Gasteiger partial charge in [-0.15, -0.1) is 0 Å². The van der Waals surface area contributed by atoms with Crippen LogP contribution in [0.3, 0.4) is 0 Å². The van der Waals surface area contributed by atoms with Crippen molar-refractivity contribution in [2.24, 2.45) is 0 Å². The molecule has 0 atom stereocenters. The van der Waals surface area contributed by atoms with Gasteiger partial charge in [0, 0.05) is 37.2 Å². The number of nitrogens with zero attached hydrogens (tertiary/aromatic N) is 1. The Labute approximate surface area is 164 Å². The van der Waals surface area contributed by atoms with E-state index in [0.717, 1.165) is 12.0 Å². The molecule has 6 nitrogen and oxygen atoms in total. The Bertz CT molecular complexity index is 820. The number of amides is 2. The van der Waals surface area contributed by atoms with E-state index in [1.54, 1.807) is 0 Å². The minimum atomic E-state index is -0.338. The van der Waals surface area contributed by atoms with E-state index in [0.29, 0.717) is 32.4 Å². The highest BCUT2D eigenvalue weighted by atomic mass is 16.3. The van der Waals surface area contributed by atoms with Gasteiger partial charge in [-0.1, -0.05) is 29.8 Å². The fraction of sp³-hybridized carbons (Fsp3) is 0.364. The molecule has 3 rings (SSSR count). The first-order valence-corrected chi connectivity index (χ1v) is 9.58. The van der Waals surface area contributed by atoms with Gasteiger partial charge in [-0.3, -0.25) is 9.59 Å². The molecule has 1 fully saturated rings. The van der Waals surface area contributed by atoms with Gasteiger partial charge in [-0.2, -0.15) is 0 Å². The molecular weight excluding hydrogens is 356 g/mol. The molecule has 148 valence electrons. The van der Waals surface area contributed by atoms with Crippen molar-refractivity contribution < 1.29 is 19.8 Å². The van der Waals surface area contributed by atoms with Crippen molar-refractivity contribution in [1.29, 1.82) is 0 Å². The second-order valence-corrected chi connectivity index (χ2v) is 7.35. The van der Waals surface area contributed by atoms with Crippen LogP contribution in [0.25, 0.3) is 0 Å². The normalized spacial score (nSPS) is 14.7. The van der Waals surface area contributed by atoms with Gasteiger partial charge in [0.15, 0.2) is 0 Å². The number of likely N-dealkylation sites (tertiary alicyclic amines) is 1. The number of aromatic hydroxyl groups is 2. The Hall–Kier alpha value is -3.02. The zero-order chi connectivity index (χ0) is 20.1. The van der Waals surface area contributed by atoms with E-state index in [2.05, 4.69) is 29.6 Å². The topological polar surface area (TPSA) is 89.9 Å². The summed E-state index contributed by atoms with van der Waals surface area (Å²) in [6, 6.07) is 12.0. The minimum Gasteiger partial charge on any atom is -0.508 e. The number of benzene rings is 2. The summed E-state index contributed by atoms with van der Waals surface area (Å²) in [6.45, 7) is 3.27. The second-order valence-electron chi connectivity index (χ2n) is 7.35. The van der Waals surface area contributed by atoms with Crippen LogP contribution in [0.2, 0.25) is 0 Å². The summed E-state index contributed by atoms with van der Waals surface area (Å²) >= 11 is 0. The van der Waals surface area contributed by atoms with Gasteiger partial charge < -0.3 is 20.4 Å². The maximum atomic E-state index is 12.4. The number of aryl methyl sites for hydroxylation is 2. The molecule has 1 saturated heterocycles. The zero-order valence-electron chi connectivity index (χ0n) is 16.0. The van der Waals surface area contributed by atoms with Crippen LogP contribution in [0, 0.1) is 6.92 Å². The van der Waals surface area contributed by atoms with Gasteiger partial charge in [0.1, 0.15) is 11.5 Å². The number of hydrogen-bond donors (Lipinski definition) is 3. The van der Waals surface area contributed by atoms with E-state index in [9.17, 15) is 19.8 Å². The van der Waals surface area contributed by atoms with Crippen molar-refractivity contribution in [3.05, 3.63) is 59.2 Å². The van der Waals surface area contributed by atoms with Gasteiger partial charge in [-0.25, -0.2) is 0 Å². The van der Waals surface area contributed by atoms with Gasteiger partial charge >= 0.3 is 0 Å². The average Bonchev–Trinajstić information content (AvgIpc) is 2.67. The molecule has 0 aromatic heterocycles. The van der Waals surface area contributed by atoms with E-state index in [-0.39, 0.29) is 34.9 Å². The van der Waals surface area contributed by atoms with Crippen LogP contribution in [0.1, 0.15) is 40.7 Å². The summed E-state index contributed by atoms with van der Waals surface area (Å²) in [6.07, 6.45) is 2.60. The zero-order valence-corrected chi connectivity index (χ0v) is 16.0. The number of phenolic OH excluding ortho intramolecular Hbond substituents is 2. The Morgan fingerprint density at radius 1 is 1.04 bits per heavy atom. The highest BCUT2D eigenvalue weighted by molar-refractivity contribution is 5.95. The summed E-state index contributed by atoms with van der Waals surface area (Å²) in [5.41, 5.74) is 2.59. The number of nitrogens with one attached hydrogen (secondary N) is 1. The lowest BCUT2D eigenvalue weighted by Gasteiger charge is -2.32. The highest BCUT2D eigenvalue weighted by Crippen LogP contribution is 2.21. The van der Waals surface area contributed by atoms with E-state index in [4.69, 9.17) is 0 Å². The van der Waals surface area contributed by atoms with Crippen LogP contribution < -0.4 is 5.32 Å². The number of phenols is 2. The molecule has 0 bridgehead atoms. The number of hydrogen-bond acceptors (Lipinski definition) is 4. The van der Waals surface area contributed by atoms with Crippen LogP contribution in [-0.2, 0) is 11.2 Å². The highest BCUT2D eigenvalue weighted by Gasteiger charge is 2.24. The van der Waals surface area contributed by atoms with Crippen molar-refractivity contribution >= 4 is 11.8 Å². The molecule has 2 amide bonds. The lowest BCUT2D eigenvalue weighted by Crippen LogP contribution is -2.46. The largest absolute Gasteiger partial charge is 0.508 e. The molecule has 2 aromatic carbocycles. The molecule has 28 heavy (non-hydrogen) atoms. The Kier molecular flexibility index (Phi) is 6.19. The van der Waals surface area contributed by atoms with Crippen LogP contribution in [0.4, 0.5) is 0 Å². The summed E-state index contributed by atoms with van der Waals surface area (Å²) in [7, 11) is 0. The maximum Gasteiger partial charge on any atom is 0.251 e. The van der Waals surface area contributed by atoms with Crippen LogP contribution in [-0.4, -0.2) is 46.1 Å². The molecular formula is C22H26N2O4. The summed E-state index contributed by atoms with van der Waals surface area (Å²) in [5, 5.41) is 21.9. The monoisotopic (exact) mass is 382 g/mol. The van der Waals surface area contributed by atoms with Crippen molar-refractivity contribution in [3.63, 3.8) is 0 Å². The van der Waals surface area contributed by atoms with Crippen molar-refractivity contribution in [2.75, 3.05) is 13.1 Å². The number of carbonyl (C=O) groups excluding carboxylic acids is 2.